The van der Waals surface area contributed by atoms with Gasteiger partial charge in [-0.05, 0) is 30.3 Å². The van der Waals surface area contributed by atoms with Crippen LogP contribution in [0, 0.1) is 0 Å². The molecular weight excluding hydrogens is 377 g/mol. The maximum atomic E-state index is 12.0. The first-order chi connectivity index (χ1) is 11.4. The van der Waals surface area contributed by atoms with Crippen LogP contribution in [0.3, 0.4) is 0 Å². The van der Waals surface area contributed by atoms with E-state index in [2.05, 4.69) is 5.32 Å². The lowest BCUT2D eigenvalue weighted by Gasteiger charge is -2.13. The Morgan fingerprint density at radius 3 is 2.38 bits per heavy atom. The zero-order valence-electron chi connectivity index (χ0n) is 12.4. The number of ether oxygens (including phenoxy) is 2. The summed E-state index contributed by atoms with van der Waals surface area (Å²) in [6, 6.07) is 7.54. The zero-order valence-corrected chi connectivity index (χ0v) is 14.7. The monoisotopic (exact) mass is 387 g/mol. The van der Waals surface area contributed by atoms with Gasteiger partial charge in [0.1, 0.15) is 6.29 Å². The summed E-state index contributed by atoms with van der Waals surface area (Å²) < 4.78 is 10.5. The smallest absolute Gasteiger partial charge is 0.262 e. The number of hydrogen-bond acceptors (Lipinski definition) is 4. The average molecular weight is 389 g/mol. The molecule has 0 aromatic heterocycles. The Hall–Kier alpha value is -1.95. The number of hydrogen-bond donors (Lipinski definition) is 1. The van der Waals surface area contributed by atoms with Gasteiger partial charge in [0.05, 0.1) is 12.1 Å². The maximum Gasteiger partial charge on any atom is 0.262 e. The Bertz CT molecular complexity index is 760. The van der Waals surface area contributed by atoms with E-state index in [0.29, 0.717) is 27.6 Å². The van der Waals surface area contributed by atoms with Gasteiger partial charge in [0.15, 0.2) is 18.1 Å². The standard InChI is InChI=1S/C16H12Cl3NO4/c1-23-14-3-9(7-21)2-13(19)16(14)24-8-15(22)20-12-5-10(17)4-11(18)6-12/h2-7H,8H2,1H3,(H,20,22). The molecule has 0 radical (unpaired) electrons. The van der Waals surface area contributed by atoms with Crippen molar-refractivity contribution in [2.75, 3.05) is 19.0 Å². The second-order valence-electron chi connectivity index (χ2n) is 4.65. The molecule has 0 aliphatic rings. The van der Waals surface area contributed by atoms with Gasteiger partial charge < -0.3 is 14.8 Å². The Kier molecular flexibility index (Phi) is 6.31. The highest BCUT2D eigenvalue weighted by Gasteiger charge is 2.14. The van der Waals surface area contributed by atoms with E-state index in [0.717, 1.165) is 0 Å². The molecule has 1 N–H and O–H groups in total. The van der Waals surface area contributed by atoms with Crippen LogP contribution in [0.15, 0.2) is 30.3 Å². The molecular formula is C16H12Cl3NO4. The van der Waals surface area contributed by atoms with Crippen molar-refractivity contribution in [3.05, 3.63) is 51.0 Å². The van der Waals surface area contributed by atoms with Crippen LogP contribution in [0.4, 0.5) is 5.69 Å². The molecule has 24 heavy (non-hydrogen) atoms. The third kappa shape index (κ3) is 4.77. The summed E-state index contributed by atoms with van der Waals surface area (Å²) in [5.74, 6) is -0.0156. The number of nitrogens with one attached hydrogen (secondary N) is 1. The summed E-state index contributed by atoms with van der Waals surface area (Å²) in [6.07, 6.45) is 0.633. The summed E-state index contributed by atoms with van der Waals surface area (Å²) in [6.45, 7) is -0.319. The summed E-state index contributed by atoms with van der Waals surface area (Å²) in [4.78, 5) is 22.8. The van der Waals surface area contributed by atoms with E-state index in [1.54, 1.807) is 18.2 Å². The van der Waals surface area contributed by atoms with E-state index >= 15 is 0 Å². The largest absolute Gasteiger partial charge is 0.493 e. The molecule has 126 valence electrons. The summed E-state index contributed by atoms with van der Waals surface area (Å²) in [5, 5.41) is 3.55. The Labute approximate surface area is 153 Å². The lowest BCUT2D eigenvalue weighted by Crippen LogP contribution is -2.20. The van der Waals surface area contributed by atoms with Crippen molar-refractivity contribution in [2.24, 2.45) is 0 Å². The van der Waals surface area contributed by atoms with Crippen molar-refractivity contribution in [1.82, 2.24) is 0 Å². The summed E-state index contributed by atoms with van der Waals surface area (Å²) in [7, 11) is 1.40. The minimum absolute atomic E-state index is 0.162. The topological polar surface area (TPSA) is 64.6 Å². The highest BCUT2D eigenvalue weighted by atomic mass is 35.5. The quantitative estimate of drug-likeness (QED) is 0.741. The number of anilines is 1. The summed E-state index contributed by atoms with van der Waals surface area (Å²) >= 11 is 17.8. The molecule has 5 nitrogen and oxygen atoms in total. The molecule has 0 spiro atoms. The van der Waals surface area contributed by atoms with Crippen molar-refractivity contribution < 1.29 is 19.1 Å². The lowest BCUT2D eigenvalue weighted by molar-refractivity contribution is -0.118. The van der Waals surface area contributed by atoms with Crippen molar-refractivity contribution in [3.63, 3.8) is 0 Å². The SMILES string of the molecule is COc1cc(C=O)cc(Cl)c1OCC(=O)Nc1cc(Cl)cc(Cl)c1. The van der Waals surface area contributed by atoms with Crippen LogP contribution in [0.1, 0.15) is 10.4 Å². The maximum absolute atomic E-state index is 12.0. The lowest BCUT2D eigenvalue weighted by atomic mass is 10.2. The van der Waals surface area contributed by atoms with Crippen molar-refractivity contribution in [2.45, 2.75) is 0 Å². The average Bonchev–Trinajstić information content (AvgIpc) is 2.51. The van der Waals surface area contributed by atoms with Crippen LogP contribution in [0.5, 0.6) is 11.5 Å². The van der Waals surface area contributed by atoms with Gasteiger partial charge in [0.2, 0.25) is 0 Å². The third-order valence-corrected chi connectivity index (χ3v) is 3.60. The van der Waals surface area contributed by atoms with Gasteiger partial charge in [-0.3, -0.25) is 9.59 Å². The van der Waals surface area contributed by atoms with Crippen LogP contribution >= 0.6 is 34.8 Å². The van der Waals surface area contributed by atoms with Crippen molar-refractivity contribution in [3.8, 4) is 11.5 Å². The molecule has 0 fully saturated rings. The van der Waals surface area contributed by atoms with Gasteiger partial charge in [0, 0.05) is 21.3 Å². The van der Waals surface area contributed by atoms with Crippen LogP contribution in [0.25, 0.3) is 0 Å². The zero-order chi connectivity index (χ0) is 17.7. The van der Waals surface area contributed by atoms with Crippen LogP contribution in [-0.4, -0.2) is 25.9 Å². The van der Waals surface area contributed by atoms with Gasteiger partial charge in [0.25, 0.3) is 5.91 Å². The molecule has 2 rings (SSSR count). The van der Waals surface area contributed by atoms with E-state index in [-0.39, 0.29) is 23.1 Å². The first-order valence-electron chi connectivity index (χ1n) is 6.64. The molecule has 2 aromatic rings. The van der Waals surface area contributed by atoms with E-state index in [9.17, 15) is 9.59 Å². The Morgan fingerprint density at radius 2 is 1.79 bits per heavy atom. The fourth-order valence-electron chi connectivity index (χ4n) is 1.91. The van der Waals surface area contributed by atoms with Gasteiger partial charge in [-0.15, -0.1) is 0 Å². The molecule has 1 amide bonds. The minimum Gasteiger partial charge on any atom is -0.493 e. The van der Waals surface area contributed by atoms with Crippen LogP contribution < -0.4 is 14.8 Å². The van der Waals surface area contributed by atoms with Gasteiger partial charge in [-0.1, -0.05) is 34.8 Å². The minimum atomic E-state index is -0.439. The molecule has 0 atom stereocenters. The van der Waals surface area contributed by atoms with E-state index < -0.39 is 5.91 Å². The number of amides is 1. The molecule has 8 heteroatoms. The molecule has 0 unspecified atom stereocenters. The molecule has 0 aliphatic carbocycles. The number of benzene rings is 2. The fraction of sp³-hybridized carbons (Fsp3) is 0.125. The Balaban J connectivity index is 2.07. The highest BCUT2D eigenvalue weighted by Crippen LogP contribution is 2.36. The molecule has 0 saturated heterocycles. The van der Waals surface area contributed by atoms with Crippen LogP contribution in [-0.2, 0) is 4.79 Å². The van der Waals surface area contributed by atoms with Gasteiger partial charge in [-0.25, -0.2) is 0 Å². The second-order valence-corrected chi connectivity index (χ2v) is 5.93. The van der Waals surface area contributed by atoms with E-state index in [1.807, 2.05) is 0 Å². The van der Waals surface area contributed by atoms with Crippen molar-refractivity contribution in [1.29, 1.82) is 0 Å². The third-order valence-electron chi connectivity index (χ3n) is 2.88. The first-order valence-corrected chi connectivity index (χ1v) is 7.77. The summed E-state index contributed by atoms with van der Waals surface area (Å²) in [5.41, 5.74) is 0.776. The number of rotatable bonds is 6. The van der Waals surface area contributed by atoms with Gasteiger partial charge in [-0.2, -0.15) is 0 Å². The number of methoxy groups -OCH3 is 1. The van der Waals surface area contributed by atoms with Crippen molar-refractivity contribution >= 4 is 52.7 Å². The highest BCUT2D eigenvalue weighted by molar-refractivity contribution is 6.35. The fourth-order valence-corrected chi connectivity index (χ4v) is 2.71. The van der Waals surface area contributed by atoms with Gasteiger partial charge >= 0.3 is 0 Å². The predicted molar refractivity (Wildman–Crippen MR) is 94.0 cm³/mol. The van der Waals surface area contributed by atoms with E-state index in [1.165, 1.54) is 19.2 Å². The van der Waals surface area contributed by atoms with Crippen LogP contribution in [0.2, 0.25) is 15.1 Å². The molecule has 2 aromatic carbocycles. The predicted octanol–water partition coefficient (Wildman–Crippen LogP) is 4.49. The molecule has 0 heterocycles. The normalized spacial score (nSPS) is 10.2. The number of aldehydes is 1. The number of carbonyl (C=O) groups is 2. The van der Waals surface area contributed by atoms with E-state index in [4.69, 9.17) is 44.3 Å². The second kappa shape index (κ2) is 8.24. The molecule has 0 bridgehead atoms. The molecule has 0 saturated carbocycles. The number of halogens is 3. The first kappa shape index (κ1) is 18.4. The Morgan fingerprint density at radius 1 is 1.12 bits per heavy atom. The number of carbonyl (C=O) groups excluding carboxylic acids is 2. The molecule has 0 aliphatic heterocycles.